The number of amides is 4. The molecule has 0 saturated carbocycles. The highest BCUT2D eigenvalue weighted by Gasteiger charge is 2.62. The Hall–Kier alpha value is -14.4. The molecule has 0 radical (unpaired) electrons. The summed E-state index contributed by atoms with van der Waals surface area (Å²) >= 11 is 0. The lowest BCUT2D eigenvalue weighted by molar-refractivity contribution is -0.121. The summed E-state index contributed by atoms with van der Waals surface area (Å²) in [6.45, 7) is 17.8. The zero-order chi connectivity index (χ0) is 102. The molecule has 4 amide bonds. The van der Waals surface area contributed by atoms with Crippen LogP contribution in [0.4, 0.5) is 10.5 Å². The van der Waals surface area contributed by atoms with Gasteiger partial charge in [0, 0.05) is 134 Å². The van der Waals surface area contributed by atoms with E-state index in [1.807, 2.05) is 174 Å². The number of hydrogen-bond donors (Lipinski definition) is 10. The van der Waals surface area contributed by atoms with Crippen LogP contribution < -0.4 is 63.9 Å². The third-order valence-corrected chi connectivity index (χ3v) is 32.5. The van der Waals surface area contributed by atoms with Crippen molar-refractivity contribution >= 4 is 23.5 Å². The summed E-state index contributed by atoms with van der Waals surface area (Å²) in [5, 5.41) is 116. The molecular weight excluding hydrogens is 1820 g/mol. The molecule has 31 nitrogen and oxygen atoms in total. The molecule has 3 fully saturated rings. The zero-order valence-corrected chi connectivity index (χ0v) is 84.8. The van der Waals surface area contributed by atoms with Crippen LogP contribution in [-0.2, 0) is 49.7 Å². The van der Waals surface area contributed by atoms with Crippen LogP contribution >= 0.6 is 0 Å². The summed E-state index contributed by atoms with van der Waals surface area (Å²) in [7, 11) is 20.0. The molecule has 19 rings (SSSR count). The maximum atomic E-state index is 14.1. The average Bonchev–Trinajstić information content (AvgIpc) is 0.701. The number of fused-ring (bicyclic) bond motifs is 21. The summed E-state index contributed by atoms with van der Waals surface area (Å²) < 4.78 is 52.2. The maximum Gasteiger partial charge on any atom is 0.319 e. The standard InChI is InChI=1S/C41H44N4O6.C36H42N4O6.C35H41N5O6/c1-21-22(2)39(50-6)37(47)34-27(21)17-29-31(19-42)45-30(35(34)44(29)4)18-28-33(36(46)40(51-7)23(3)38(28)49-5)32(45)20-43-41(48)26-16-12-11-15-25(26)24-13-9-8-10-14-24;1-18-19(2)35(45-6)33(43)30-22(18)14-24-26(16-37)40-25(31(30)39(24)4)15-23-29(32(42)36(46-7)20(3)34(23)44-5)27(40)17-38-28(41)13-21-11-9-8-10-12-21;1-17-18(2)33(45-6)31(42)28-21(17)13-23-25(15-36)40-24(29(28)39(23)4)14-22-27(30(41)34(46-7)19(3)32(22)44-5)26(40)16-37-35(43)38-20-11-9-8-10-12-20/h8-16,29-32,35,46-47H,17-18,20H2,1-7H3,(H,43,48);8-12,24-27,31,42-43H,13-15,17H2,1-7H3,(H,38,41);8-12,23-26,29,41-42H,13-14,16H2,1-7H3,(H2,37,38,43)/t29-,30-,31?,32-,35-;24-,25-,26?,27-,31-;23-,24-,25?,26-,29-/m000/s1. The molecule has 3 unspecified atom stereocenters. The van der Waals surface area contributed by atoms with Crippen molar-refractivity contribution in [3.05, 3.63) is 243 Å². The van der Waals surface area contributed by atoms with Gasteiger partial charge in [-0.2, -0.15) is 15.8 Å². The number of carbonyl (C=O) groups excluding carboxylic acids is 3. The lowest BCUT2D eigenvalue weighted by atomic mass is 9.70. The van der Waals surface area contributed by atoms with E-state index >= 15 is 0 Å². The summed E-state index contributed by atoms with van der Waals surface area (Å²) in [4.78, 5) is 53.7. The molecule has 9 heterocycles. The van der Waals surface area contributed by atoms with E-state index in [0.717, 1.165) is 100 Å². The minimum atomic E-state index is -0.643. The normalized spacial score (nSPS) is 22.9. The summed E-state index contributed by atoms with van der Waals surface area (Å²) in [6, 6.07) is 37.0. The van der Waals surface area contributed by atoms with Gasteiger partial charge in [0.2, 0.25) is 5.91 Å². The quantitative estimate of drug-likeness (QED) is 0.0339. The molecule has 9 aliphatic heterocycles. The van der Waals surface area contributed by atoms with Crippen molar-refractivity contribution < 1.29 is 87.7 Å². The van der Waals surface area contributed by atoms with E-state index in [9.17, 15) is 60.8 Å². The second-order valence-electron chi connectivity index (χ2n) is 38.7. The van der Waals surface area contributed by atoms with Crippen molar-refractivity contribution in [2.75, 3.05) is 110 Å². The van der Waals surface area contributed by atoms with Gasteiger partial charge in [-0.1, -0.05) is 97.1 Å². The first-order valence-electron chi connectivity index (χ1n) is 48.3. The number of urea groups is 1. The number of nitrogens with zero attached hydrogens (tertiary/aromatic N) is 9. The SMILES string of the molecule is COc1c(C)c(C)c2c(c1O)[C@@H]1[C@@H]3Cc4c(OC)c(C)c(OC)c(O)c4[C@H](CNC(=O)Cc4ccccc4)N3C(C#N)[C@H](C2)N1C.COc1c(C)c(C)c2c(c1O)[C@@H]1[C@@H]3Cc4c(OC)c(C)c(OC)c(O)c4[C@H](CNC(=O)Nc4ccccc4)N3C(C#N)[C@H](C2)N1C.COc1c(C)c(C)c2c(c1O)[C@@H]1[C@@H]3Cc4c(OC)c(C)c(OC)c(O)c4[C@H](CNC(=O)c4ccccc4-c4ccccc4)N3C(C#N)[C@H](C2)N1C. The van der Waals surface area contributed by atoms with Crippen molar-refractivity contribution in [3.63, 3.8) is 0 Å². The number of phenolic OH excluding ortho intramolecular Hbond substituents is 6. The molecule has 3 saturated heterocycles. The van der Waals surface area contributed by atoms with E-state index in [1.54, 1.807) is 60.9 Å². The van der Waals surface area contributed by atoms with Gasteiger partial charge in [0.05, 0.1) is 125 Å². The van der Waals surface area contributed by atoms with Crippen LogP contribution in [0, 0.1) is 96.3 Å². The second kappa shape index (κ2) is 40.2. The van der Waals surface area contributed by atoms with E-state index in [4.69, 9.17) is 42.6 Å². The minimum absolute atomic E-state index is 0.0197. The molecule has 31 heteroatoms. The predicted molar refractivity (Wildman–Crippen MR) is 539 cm³/mol. The number of likely N-dealkylation sites (N-methyl/N-ethyl adjacent to an activating group) is 3. The Morgan fingerprint density at radius 3 is 0.958 bits per heavy atom. The fraction of sp³-hybridized carbons (Fsp3) is 0.411. The van der Waals surface area contributed by atoms with Crippen LogP contribution in [0.2, 0.25) is 0 Å². The number of hydrogen-bond acceptors (Lipinski definition) is 27. The van der Waals surface area contributed by atoms with Crippen molar-refractivity contribution in [1.82, 2.24) is 45.3 Å². The lowest BCUT2D eigenvalue weighted by Crippen LogP contribution is -2.68. The number of piperazine rings is 3. The van der Waals surface area contributed by atoms with Crippen molar-refractivity contribution in [2.24, 2.45) is 0 Å². The smallest absolute Gasteiger partial charge is 0.319 e. The van der Waals surface area contributed by atoms with Crippen molar-refractivity contribution in [2.45, 2.75) is 198 Å². The fourth-order valence-corrected chi connectivity index (χ4v) is 25.8. The van der Waals surface area contributed by atoms with Gasteiger partial charge >= 0.3 is 6.03 Å². The Kier molecular flexibility index (Phi) is 28.2. The third kappa shape index (κ3) is 16.3. The maximum absolute atomic E-state index is 14.1. The van der Waals surface area contributed by atoms with Crippen LogP contribution in [0.15, 0.2) is 115 Å². The Balaban J connectivity index is 0.000000148. The van der Waals surface area contributed by atoms with Crippen LogP contribution in [0.5, 0.6) is 86.2 Å². The zero-order valence-electron chi connectivity index (χ0n) is 84.8. The van der Waals surface area contributed by atoms with E-state index in [2.05, 4.69) is 75.8 Å². The predicted octanol–water partition coefficient (Wildman–Crippen LogP) is 14.7. The van der Waals surface area contributed by atoms with Crippen LogP contribution in [0.25, 0.3) is 11.1 Å². The number of carbonyl (C=O) groups is 3. The number of para-hydroxylation sites is 1. The lowest BCUT2D eigenvalue weighted by Gasteiger charge is -2.60. The topological polar surface area (TPSA) is 395 Å². The van der Waals surface area contributed by atoms with Gasteiger partial charge in [0.15, 0.2) is 69.0 Å². The van der Waals surface area contributed by atoms with E-state index in [0.29, 0.717) is 123 Å². The molecule has 10 aromatic rings. The number of nitrogens with one attached hydrogen (secondary N) is 4. The Labute approximate surface area is 834 Å². The Morgan fingerprint density at radius 2 is 0.622 bits per heavy atom. The van der Waals surface area contributed by atoms with Gasteiger partial charge in [-0.05, 0) is 207 Å². The molecular formula is C112H127N13O18. The van der Waals surface area contributed by atoms with Gasteiger partial charge in [-0.25, -0.2) is 4.79 Å². The van der Waals surface area contributed by atoms with Crippen LogP contribution in [0.3, 0.4) is 0 Å². The molecule has 0 spiro atoms. The van der Waals surface area contributed by atoms with E-state index < -0.39 is 42.3 Å². The summed E-state index contributed by atoms with van der Waals surface area (Å²) in [5.41, 5.74) is 21.1. The van der Waals surface area contributed by atoms with Gasteiger partial charge in [-0.15, -0.1) is 0 Å². The van der Waals surface area contributed by atoms with Crippen LogP contribution in [0.1, 0.15) is 169 Å². The number of aromatic hydroxyl groups is 6. The number of methoxy groups -OCH3 is 9. The number of benzene rings is 10. The third-order valence-electron chi connectivity index (χ3n) is 32.5. The first-order chi connectivity index (χ1) is 68.8. The minimum Gasteiger partial charge on any atom is -0.504 e. The molecule has 6 bridgehead atoms. The summed E-state index contributed by atoms with van der Waals surface area (Å²) in [6.07, 6.45) is 3.09. The summed E-state index contributed by atoms with van der Waals surface area (Å²) in [5.74, 6) is 3.78. The van der Waals surface area contributed by atoms with Gasteiger partial charge in [-0.3, -0.25) is 39.0 Å². The highest BCUT2D eigenvalue weighted by molar-refractivity contribution is 6.01. The monoisotopic (exact) mass is 1940 g/mol. The average molecular weight is 1940 g/mol. The first kappa shape index (κ1) is 100. The number of anilines is 1. The van der Waals surface area contributed by atoms with Crippen LogP contribution in [-0.4, -0.2) is 237 Å². The molecule has 15 atom stereocenters. The first-order valence-corrected chi connectivity index (χ1v) is 48.3. The number of rotatable bonds is 20. The Bertz CT molecular complexity index is 6570. The Morgan fingerprint density at radius 1 is 0.336 bits per heavy atom. The molecule has 143 heavy (non-hydrogen) atoms. The largest absolute Gasteiger partial charge is 0.504 e. The highest BCUT2D eigenvalue weighted by Crippen LogP contribution is 2.64. The number of ether oxygens (including phenoxy) is 9. The van der Waals surface area contributed by atoms with Gasteiger partial charge in [0.1, 0.15) is 35.4 Å². The molecule has 9 aliphatic rings. The van der Waals surface area contributed by atoms with Gasteiger partial charge < -0.3 is 94.5 Å². The number of phenols is 6. The fourth-order valence-electron chi connectivity index (χ4n) is 25.8. The van der Waals surface area contributed by atoms with Gasteiger partial charge in [0.25, 0.3) is 5.91 Å². The molecule has 10 aromatic carbocycles. The number of nitriles is 3. The van der Waals surface area contributed by atoms with Crippen molar-refractivity contribution in [1.29, 1.82) is 15.8 Å². The molecule has 0 aliphatic carbocycles. The highest BCUT2D eigenvalue weighted by atomic mass is 16.5. The van der Waals surface area contributed by atoms with Crippen molar-refractivity contribution in [3.8, 4) is 116 Å². The molecule has 748 valence electrons. The van der Waals surface area contributed by atoms with E-state index in [1.165, 1.54) is 21.3 Å². The van der Waals surface area contributed by atoms with E-state index in [-0.39, 0.29) is 138 Å². The second-order valence-corrected chi connectivity index (χ2v) is 38.7. The molecule has 0 aromatic heterocycles. The molecule has 10 N–H and O–H groups in total.